The average molecular weight is 419 g/mol. The number of rotatable bonds is 4. The van der Waals surface area contributed by atoms with Gasteiger partial charge in [0.1, 0.15) is 10.9 Å². The molecule has 30 heavy (non-hydrogen) atoms. The topological polar surface area (TPSA) is 81.1 Å². The maximum atomic E-state index is 12.0. The molecule has 5 rings (SSSR count). The maximum absolute atomic E-state index is 12.0. The zero-order valence-electron chi connectivity index (χ0n) is 16.8. The summed E-state index contributed by atoms with van der Waals surface area (Å²) in [6, 6.07) is 14.4. The van der Waals surface area contributed by atoms with Gasteiger partial charge in [0.25, 0.3) is 0 Å². The summed E-state index contributed by atoms with van der Waals surface area (Å²) >= 11 is 1.56. The highest BCUT2D eigenvalue weighted by atomic mass is 32.2. The summed E-state index contributed by atoms with van der Waals surface area (Å²) in [5.74, 6) is 1.58. The number of amidine groups is 1. The lowest BCUT2D eigenvalue weighted by Gasteiger charge is -2.33. The quantitative estimate of drug-likeness (QED) is 0.710. The van der Waals surface area contributed by atoms with Gasteiger partial charge in [-0.25, -0.2) is 14.8 Å². The predicted octanol–water partition coefficient (Wildman–Crippen LogP) is 3.53. The van der Waals surface area contributed by atoms with Gasteiger partial charge in [0.15, 0.2) is 6.17 Å². The number of hydrogen-bond donors (Lipinski definition) is 3. The Morgan fingerprint density at radius 3 is 2.83 bits per heavy atom. The van der Waals surface area contributed by atoms with Crippen LogP contribution in [-0.4, -0.2) is 30.1 Å². The van der Waals surface area contributed by atoms with Gasteiger partial charge >= 0.3 is 6.03 Å². The van der Waals surface area contributed by atoms with Crippen molar-refractivity contribution >= 4 is 41.3 Å². The number of fused-ring (bicyclic) bond motifs is 2. The fraction of sp³-hybridized carbons (Fsp3) is 0.227. The number of benzene rings is 2. The molecule has 3 aliphatic rings. The molecule has 1 unspecified atom stereocenters. The molecule has 152 valence electrons. The number of nitrogens with zero attached hydrogens (tertiary/aromatic N) is 3. The standard InChI is InChI=1S/C22H22N6OS/c1-13-7-5-8-16-15(13)10-28(17-9-4-3-6-14(17)2)18(25-16)11-30-21-19-20(24-12-23-19)26-22(29)27-21/h3-9,12,20H,10-11H2,1-2H3,(H,23,24)(H2,26,27,29). The number of hydrogen-bond acceptors (Lipinski definition) is 6. The van der Waals surface area contributed by atoms with Gasteiger partial charge in [-0.2, -0.15) is 0 Å². The molecule has 2 amide bonds. The summed E-state index contributed by atoms with van der Waals surface area (Å²) < 4.78 is 0. The number of aryl methyl sites for hydroxylation is 2. The van der Waals surface area contributed by atoms with Gasteiger partial charge in [0, 0.05) is 11.3 Å². The zero-order valence-corrected chi connectivity index (χ0v) is 17.6. The van der Waals surface area contributed by atoms with E-state index in [9.17, 15) is 4.79 Å². The Kier molecular flexibility index (Phi) is 4.71. The van der Waals surface area contributed by atoms with Crippen molar-refractivity contribution in [3.05, 3.63) is 69.9 Å². The largest absolute Gasteiger partial charge is 0.345 e. The minimum absolute atomic E-state index is 0.241. The van der Waals surface area contributed by atoms with Gasteiger partial charge in [-0.3, -0.25) is 0 Å². The van der Waals surface area contributed by atoms with Crippen LogP contribution >= 0.6 is 11.8 Å². The Morgan fingerprint density at radius 2 is 1.97 bits per heavy atom. The molecule has 2 aromatic rings. The number of urea groups is 1. The monoisotopic (exact) mass is 418 g/mol. The van der Waals surface area contributed by atoms with E-state index in [-0.39, 0.29) is 12.2 Å². The summed E-state index contributed by atoms with van der Waals surface area (Å²) in [7, 11) is 0. The van der Waals surface area contributed by atoms with Crippen LogP contribution in [0.4, 0.5) is 16.2 Å². The van der Waals surface area contributed by atoms with Crippen LogP contribution in [0.3, 0.4) is 0 Å². The van der Waals surface area contributed by atoms with Crippen LogP contribution in [-0.2, 0) is 6.54 Å². The highest BCUT2D eigenvalue weighted by molar-refractivity contribution is 8.03. The van der Waals surface area contributed by atoms with Crippen molar-refractivity contribution in [2.24, 2.45) is 9.98 Å². The molecule has 0 bridgehead atoms. The first kappa shape index (κ1) is 18.7. The lowest BCUT2D eigenvalue weighted by atomic mass is 10.0. The normalized spacial score (nSPS) is 19.5. The number of carbonyl (C=O) groups excluding carboxylic acids is 1. The third-order valence-corrected chi connectivity index (χ3v) is 6.48. The maximum Gasteiger partial charge on any atom is 0.321 e. The van der Waals surface area contributed by atoms with Crippen molar-refractivity contribution in [1.82, 2.24) is 16.0 Å². The smallest absolute Gasteiger partial charge is 0.321 e. The zero-order chi connectivity index (χ0) is 20.7. The minimum atomic E-state index is -0.342. The Hall–Kier alpha value is -3.26. The number of aliphatic imine (C=N–C) groups is 2. The first-order valence-electron chi connectivity index (χ1n) is 9.82. The third kappa shape index (κ3) is 3.33. The molecular weight excluding hydrogens is 396 g/mol. The van der Waals surface area contributed by atoms with E-state index < -0.39 is 0 Å². The molecule has 3 N–H and O–H groups in total. The van der Waals surface area contributed by atoms with Crippen molar-refractivity contribution in [2.75, 3.05) is 10.7 Å². The SMILES string of the molecule is Cc1ccccc1N1Cc2c(C)cccc2N=C1CSC1=C2NC=NC2NC(=O)N1. The summed E-state index contributed by atoms with van der Waals surface area (Å²) in [5.41, 5.74) is 6.73. The van der Waals surface area contributed by atoms with E-state index in [1.54, 1.807) is 18.1 Å². The minimum Gasteiger partial charge on any atom is -0.345 e. The molecular formula is C22H22N6OS. The van der Waals surface area contributed by atoms with Gasteiger partial charge < -0.3 is 20.9 Å². The first-order chi connectivity index (χ1) is 14.6. The molecule has 0 aromatic heterocycles. The van der Waals surface area contributed by atoms with Gasteiger partial charge in [0.2, 0.25) is 0 Å². The van der Waals surface area contributed by atoms with Crippen LogP contribution < -0.4 is 20.9 Å². The molecule has 3 aliphatic heterocycles. The fourth-order valence-electron chi connectivity index (χ4n) is 3.86. The van der Waals surface area contributed by atoms with Crippen LogP contribution in [0.5, 0.6) is 0 Å². The number of nitrogens with one attached hydrogen (secondary N) is 3. The third-order valence-electron chi connectivity index (χ3n) is 5.47. The van der Waals surface area contributed by atoms with E-state index >= 15 is 0 Å². The fourth-order valence-corrected chi connectivity index (χ4v) is 4.85. The first-order valence-corrected chi connectivity index (χ1v) is 10.8. The number of anilines is 1. The van der Waals surface area contributed by atoms with Gasteiger partial charge in [0.05, 0.1) is 30.0 Å². The number of carbonyl (C=O) groups is 1. The van der Waals surface area contributed by atoms with Gasteiger partial charge in [-0.15, -0.1) is 0 Å². The van der Waals surface area contributed by atoms with E-state index in [4.69, 9.17) is 4.99 Å². The lowest BCUT2D eigenvalue weighted by molar-refractivity contribution is 0.240. The van der Waals surface area contributed by atoms with E-state index in [2.05, 4.69) is 76.1 Å². The molecule has 1 atom stereocenters. The lowest BCUT2D eigenvalue weighted by Crippen LogP contribution is -2.47. The molecule has 8 heteroatoms. The van der Waals surface area contributed by atoms with Crippen LogP contribution in [0.25, 0.3) is 0 Å². The Morgan fingerprint density at radius 1 is 1.13 bits per heavy atom. The summed E-state index contributed by atoms with van der Waals surface area (Å²) in [4.78, 5) is 23.5. The summed E-state index contributed by atoms with van der Waals surface area (Å²) in [5, 5.41) is 9.59. The Bertz CT molecular complexity index is 1120. The van der Waals surface area contributed by atoms with Crippen molar-refractivity contribution in [1.29, 1.82) is 0 Å². The molecule has 0 saturated carbocycles. The van der Waals surface area contributed by atoms with E-state index in [0.717, 1.165) is 34.5 Å². The second-order valence-corrected chi connectivity index (χ2v) is 8.41. The summed E-state index contributed by atoms with van der Waals surface area (Å²) in [6.45, 7) is 5.03. The number of para-hydroxylation sites is 1. The Balaban J connectivity index is 1.49. The number of amides is 2. The second kappa shape index (κ2) is 7.53. The second-order valence-electron chi connectivity index (χ2n) is 7.43. The van der Waals surface area contributed by atoms with Crippen molar-refractivity contribution in [3.63, 3.8) is 0 Å². The van der Waals surface area contributed by atoms with Crippen molar-refractivity contribution < 1.29 is 4.79 Å². The average Bonchev–Trinajstić information content (AvgIpc) is 3.21. The number of thioether (sulfide) groups is 1. The highest BCUT2D eigenvalue weighted by Gasteiger charge is 2.30. The van der Waals surface area contributed by atoms with Gasteiger partial charge in [-0.1, -0.05) is 42.1 Å². The summed E-state index contributed by atoms with van der Waals surface area (Å²) in [6.07, 6.45) is 1.27. The van der Waals surface area contributed by atoms with E-state index in [1.807, 2.05) is 6.07 Å². The van der Waals surface area contributed by atoms with E-state index in [1.165, 1.54) is 16.7 Å². The molecule has 3 heterocycles. The van der Waals surface area contributed by atoms with Crippen LogP contribution in [0.2, 0.25) is 0 Å². The molecule has 0 spiro atoms. The molecule has 0 saturated heterocycles. The highest BCUT2D eigenvalue weighted by Crippen LogP contribution is 2.34. The van der Waals surface area contributed by atoms with E-state index in [0.29, 0.717) is 5.75 Å². The molecule has 0 aliphatic carbocycles. The van der Waals surface area contributed by atoms with Crippen LogP contribution in [0.15, 0.2) is 63.2 Å². The molecule has 7 nitrogen and oxygen atoms in total. The van der Waals surface area contributed by atoms with Gasteiger partial charge in [-0.05, 0) is 37.1 Å². The Labute approximate surface area is 179 Å². The molecule has 0 radical (unpaired) electrons. The molecule has 0 fully saturated rings. The van der Waals surface area contributed by atoms with Crippen molar-refractivity contribution in [2.45, 2.75) is 26.6 Å². The molecule has 2 aromatic carbocycles. The predicted molar refractivity (Wildman–Crippen MR) is 122 cm³/mol. The van der Waals surface area contributed by atoms with Crippen LogP contribution in [0, 0.1) is 13.8 Å². The van der Waals surface area contributed by atoms with Crippen LogP contribution in [0.1, 0.15) is 16.7 Å². The van der Waals surface area contributed by atoms with Crippen molar-refractivity contribution in [3.8, 4) is 0 Å².